The van der Waals surface area contributed by atoms with Gasteiger partial charge in [-0.25, -0.2) is 0 Å². The van der Waals surface area contributed by atoms with Crippen LogP contribution in [0.1, 0.15) is 61.8 Å². The number of aliphatic hydroxyl groups is 1. The molecule has 17 heavy (non-hydrogen) atoms. The topological polar surface area (TPSA) is 37.3 Å². The zero-order chi connectivity index (χ0) is 14.1. The molecule has 1 N–H and O–H groups in total. The third-order valence-corrected chi connectivity index (χ3v) is 3.99. The molecule has 0 aliphatic carbocycles. The molecular formula is C15H30O2. The minimum atomic E-state index is -0.389. The maximum Gasteiger partial charge on any atom is 0.144 e. The zero-order valence-corrected chi connectivity index (χ0v) is 12.8. The summed E-state index contributed by atoms with van der Waals surface area (Å²) in [5.74, 6) is 0.619. The molecule has 0 rings (SSSR count). The number of aliphatic hydroxyl groups excluding tert-OH is 1. The van der Waals surface area contributed by atoms with Crippen molar-refractivity contribution in [1.29, 1.82) is 0 Å². The summed E-state index contributed by atoms with van der Waals surface area (Å²) < 4.78 is 0. The molecule has 0 atom stereocenters. The lowest BCUT2D eigenvalue weighted by Crippen LogP contribution is -2.42. The van der Waals surface area contributed by atoms with Gasteiger partial charge in [0.25, 0.3) is 0 Å². The molecule has 0 aromatic heterocycles. The lowest BCUT2D eigenvalue weighted by atomic mass is 9.63. The van der Waals surface area contributed by atoms with Gasteiger partial charge in [0, 0.05) is 17.4 Å². The van der Waals surface area contributed by atoms with Gasteiger partial charge in [0.05, 0.1) is 0 Å². The van der Waals surface area contributed by atoms with E-state index in [9.17, 15) is 9.90 Å². The Hall–Kier alpha value is -0.370. The first-order valence-corrected chi connectivity index (χ1v) is 6.52. The Labute approximate surface area is 107 Å². The summed E-state index contributed by atoms with van der Waals surface area (Å²) in [5.41, 5.74) is -0.902. The molecule has 0 fully saturated rings. The molecule has 0 aliphatic heterocycles. The first kappa shape index (κ1) is 16.6. The lowest BCUT2D eigenvalue weighted by molar-refractivity contribution is -0.140. The minimum absolute atomic E-state index is 0.117. The van der Waals surface area contributed by atoms with Crippen molar-refractivity contribution in [3.8, 4) is 0 Å². The van der Waals surface area contributed by atoms with Crippen LogP contribution >= 0.6 is 0 Å². The van der Waals surface area contributed by atoms with Crippen molar-refractivity contribution in [1.82, 2.24) is 0 Å². The highest BCUT2D eigenvalue weighted by Crippen LogP contribution is 2.41. The molecule has 0 aliphatic rings. The molecule has 2 nitrogen and oxygen atoms in total. The molecule has 0 aromatic rings. The zero-order valence-electron chi connectivity index (χ0n) is 12.8. The summed E-state index contributed by atoms with van der Waals surface area (Å²) in [6.07, 6.45) is 0.714. The average Bonchev–Trinajstić information content (AvgIpc) is 2.14. The van der Waals surface area contributed by atoms with Crippen molar-refractivity contribution in [2.75, 3.05) is 6.61 Å². The van der Waals surface area contributed by atoms with Gasteiger partial charge in [0.1, 0.15) is 5.78 Å². The van der Waals surface area contributed by atoms with Crippen molar-refractivity contribution >= 4 is 5.78 Å². The van der Waals surface area contributed by atoms with E-state index in [-0.39, 0.29) is 22.9 Å². The molecule has 0 unspecified atom stereocenters. The first-order valence-electron chi connectivity index (χ1n) is 6.52. The molecule has 2 heteroatoms. The normalized spacial score (nSPS) is 14.2. The summed E-state index contributed by atoms with van der Waals surface area (Å²) in [4.78, 5) is 12.6. The predicted molar refractivity (Wildman–Crippen MR) is 72.9 cm³/mol. The molecule has 0 radical (unpaired) electrons. The minimum Gasteiger partial charge on any atom is -0.396 e. The Kier molecular flexibility index (Phi) is 4.98. The highest BCUT2D eigenvalue weighted by molar-refractivity contribution is 5.89. The van der Waals surface area contributed by atoms with Crippen molar-refractivity contribution in [2.45, 2.75) is 61.8 Å². The van der Waals surface area contributed by atoms with Crippen LogP contribution in [0.15, 0.2) is 0 Å². The quantitative estimate of drug-likeness (QED) is 0.771. The number of carbonyl (C=O) groups is 1. The molecule has 0 heterocycles. The highest BCUT2D eigenvalue weighted by Gasteiger charge is 2.43. The Balaban J connectivity index is 5.02. The van der Waals surface area contributed by atoms with E-state index in [1.807, 2.05) is 41.5 Å². The molecule has 0 bridgehead atoms. The van der Waals surface area contributed by atoms with E-state index in [0.29, 0.717) is 18.1 Å². The summed E-state index contributed by atoms with van der Waals surface area (Å²) in [6, 6.07) is 0. The largest absolute Gasteiger partial charge is 0.396 e. The molecule has 0 saturated carbocycles. The van der Waals surface area contributed by atoms with E-state index >= 15 is 0 Å². The number of carbonyl (C=O) groups excluding carboxylic acids is 1. The van der Waals surface area contributed by atoms with Crippen molar-refractivity contribution in [3.05, 3.63) is 0 Å². The van der Waals surface area contributed by atoms with Gasteiger partial charge in [-0.15, -0.1) is 0 Å². The fourth-order valence-electron chi connectivity index (χ4n) is 2.47. The van der Waals surface area contributed by atoms with Crippen LogP contribution in [-0.2, 0) is 4.79 Å². The van der Waals surface area contributed by atoms with E-state index in [0.717, 1.165) is 0 Å². The fourth-order valence-corrected chi connectivity index (χ4v) is 2.47. The molecule has 0 spiro atoms. The number of hydrogen-bond donors (Lipinski definition) is 1. The van der Waals surface area contributed by atoms with Crippen LogP contribution < -0.4 is 0 Å². The smallest absolute Gasteiger partial charge is 0.144 e. The monoisotopic (exact) mass is 242 g/mol. The third kappa shape index (κ3) is 4.09. The van der Waals surface area contributed by atoms with Crippen molar-refractivity contribution in [3.63, 3.8) is 0 Å². The highest BCUT2D eigenvalue weighted by atomic mass is 16.3. The second-order valence-corrected chi connectivity index (χ2v) is 7.59. The Morgan fingerprint density at radius 3 is 1.76 bits per heavy atom. The van der Waals surface area contributed by atoms with Crippen LogP contribution in [0.3, 0.4) is 0 Å². The molecule has 0 saturated heterocycles. The van der Waals surface area contributed by atoms with Crippen LogP contribution in [0, 0.1) is 22.2 Å². The summed E-state index contributed by atoms with van der Waals surface area (Å²) in [5, 5.41) is 9.34. The maximum atomic E-state index is 12.6. The van der Waals surface area contributed by atoms with Gasteiger partial charge in [-0.05, 0) is 17.8 Å². The molecule has 0 aromatic carbocycles. The summed E-state index contributed by atoms with van der Waals surface area (Å²) >= 11 is 0. The Bertz CT molecular complexity index is 273. The van der Waals surface area contributed by atoms with Gasteiger partial charge < -0.3 is 5.11 Å². The van der Waals surface area contributed by atoms with Gasteiger partial charge in [-0.3, -0.25) is 4.79 Å². The van der Waals surface area contributed by atoms with Gasteiger partial charge in [0.15, 0.2) is 0 Å². The molecular weight excluding hydrogens is 212 g/mol. The number of hydrogen-bond acceptors (Lipinski definition) is 2. The Morgan fingerprint density at radius 2 is 1.47 bits per heavy atom. The average molecular weight is 242 g/mol. The predicted octanol–water partition coefficient (Wildman–Crippen LogP) is 3.67. The van der Waals surface area contributed by atoms with Crippen molar-refractivity contribution in [2.24, 2.45) is 22.2 Å². The second kappa shape index (κ2) is 5.09. The van der Waals surface area contributed by atoms with Crippen LogP contribution in [0.5, 0.6) is 0 Å². The van der Waals surface area contributed by atoms with Crippen molar-refractivity contribution < 1.29 is 9.90 Å². The Morgan fingerprint density at radius 1 is 1.06 bits per heavy atom. The van der Waals surface area contributed by atoms with Crippen LogP contribution in [0.25, 0.3) is 0 Å². The SMILES string of the molecule is CC(C)C(C)(C)C(=O)C(C)(C)CC(C)(C)CO. The van der Waals surface area contributed by atoms with E-state index in [1.165, 1.54) is 0 Å². The molecule has 102 valence electrons. The summed E-state index contributed by atoms with van der Waals surface area (Å²) in [7, 11) is 0. The standard InChI is InChI=1S/C15H30O2/c1-11(2)15(7,8)12(17)14(5,6)9-13(3,4)10-16/h11,16H,9-10H2,1-8H3. The first-order chi connectivity index (χ1) is 7.37. The number of ketones is 1. The van der Waals surface area contributed by atoms with E-state index in [1.54, 1.807) is 0 Å². The maximum absolute atomic E-state index is 12.6. The van der Waals surface area contributed by atoms with E-state index in [2.05, 4.69) is 13.8 Å². The van der Waals surface area contributed by atoms with Gasteiger partial charge >= 0.3 is 0 Å². The van der Waals surface area contributed by atoms with E-state index < -0.39 is 0 Å². The fraction of sp³-hybridized carbons (Fsp3) is 0.933. The third-order valence-electron chi connectivity index (χ3n) is 3.99. The van der Waals surface area contributed by atoms with Crippen LogP contribution in [0.4, 0.5) is 0 Å². The second-order valence-electron chi connectivity index (χ2n) is 7.59. The van der Waals surface area contributed by atoms with Crippen LogP contribution in [0.2, 0.25) is 0 Å². The van der Waals surface area contributed by atoms with Gasteiger partial charge in [-0.1, -0.05) is 55.4 Å². The summed E-state index contributed by atoms with van der Waals surface area (Å²) in [6.45, 7) is 16.3. The van der Waals surface area contributed by atoms with Gasteiger partial charge in [0.2, 0.25) is 0 Å². The number of Topliss-reactive ketones (excluding diaryl/α,β-unsaturated/α-hetero) is 1. The lowest BCUT2D eigenvalue weighted by Gasteiger charge is -2.39. The number of rotatable bonds is 6. The molecule has 0 amide bonds. The van der Waals surface area contributed by atoms with E-state index in [4.69, 9.17) is 0 Å². The van der Waals surface area contributed by atoms with Gasteiger partial charge in [-0.2, -0.15) is 0 Å². The van der Waals surface area contributed by atoms with Crippen LogP contribution in [-0.4, -0.2) is 17.5 Å².